The number of hydrogen-bond donors (Lipinski definition) is 0. The van der Waals surface area contributed by atoms with Crippen molar-refractivity contribution in [2.75, 3.05) is 0 Å². The van der Waals surface area contributed by atoms with Gasteiger partial charge < -0.3 is 4.74 Å². The van der Waals surface area contributed by atoms with Crippen molar-refractivity contribution in [1.29, 1.82) is 0 Å². The summed E-state index contributed by atoms with van der Waals surface area (Å²) in [5, 5.41) is 0. The predicted molar refractivity (Wildman–Crippen MR) is 107 cm³/mol. The number of ether oxygens (including phenoxy) is 1. The molecule has 1 aromatic rings. The van der Waals surface area contributed by atoms with E-state index in [1.165, 1.54) is 57.1 Å². The predicted octanol–water partition coefficient (Wildman–Crippen LogP) is 6.83. The lowest BCUT2D eigenvalue weighted by molar-refractivity contribution is -0.274. The van der Waals surface area contributed by atoms with Gasteiger partial charge in [0.1, 0.15) is 5.75 Å². The summed E-state index contributed by atoms with van der Waals surface area (Å²) in [5.41, 5.74) is 2.79. The summed E-state index contributed by atoms with van der Waals surface area (Å²) in [6.45, 7) is 4.84. The van der Waals surface area contributed by atoms with Crippen LogP contribution >= 0.6 is 0 Å². The van der Waals surface area contributed by atoms with Crippen LogP contribution in [0.2, 0.25) is 12.1 Å². The molecule has 2 aliphatic carbocycles. The maximum Gasteiger partial charge on any atom is 0.573 e. The normalized spacial score (nSPS) is 32.7. The zero-order chi connectivity index (χ0) is 19.5. The van der Waals surface area contributed by atoms with Crippen molar-refractivity contribution in [2.45, 2.75) is 89.1 Å². The third kappa shape index (κ3) is 5.10. The molecule has 0 radical (unpaired) electrons. The smallest absolute Gasteiger partial charge is 0.406 e. The molecule has 3 rings (SSSR count). The standard InChI is InChI=1S/C22H33F3OSi/c1-3-21(14-12-20(27-2)13-15-21)18-8-4-16(5-9-18)17-6-10-19(11-7-17)26-22(23,24)25/h6-7,10-11,16,18,20H,3-5,8-9,12-15,27H2,1-2H3. The lowest BCUT2D eigenvalue weighted by Crippen LogP contribution is -2.36. The van der Waals surface area contributed by atoms with Gasteiger partial charge in [-0.1, -0.05) is 50.4 Å². The Morgan fingerprint density at radius 1 is 1.00 bits per heavy atom. The lowest BCUT2D eigenvalue weighted by Gasteiger charge is -2.48. The molecule has 2 fully saturated rings. The fraction of sp³-hybridized carbons (Fsp3) is 0.727. The van der Waals surface area contributed by atoms with Crippen molar-refractivity contribution in [3.05, 3.63) is 29.8 Å². The molecule has 152 valence electrons. The first-order chi connectivity index (χ1) is 12.8. The van der Waals surface area contributed by atoms with Crippen LogP contribution in [0.25, 0.3) is 0 Å². The molecule has 5 heteroatoms. The largest absolute Gasteiger partial charge is 0.573 e. The van der Waals surface area contributed by atoms with Crippen LogP contribution in [0.4, 0.5) is 13.2 Å². The summed E-state index contributed by atoms with van der Waals surface area (Å²) >= 11 is 0. The lowest BCUT2D eigenvalue weighted by atomic mass is 9.59. The molecule has 0 atom stereocenters. The molecule has 2 aliphatic rings. The van der Waals surface area contributed by atoms with Crippen LogP contribution in [0.3, 0.4) is 0 Å². The van der Waals surface area contributed by atoms with Crippen LogP contribution < -0.4 is 4.74 Å². The Morgan fingerprint density at radius 2 is 1.59 bits per heavy atom. The van der Waals surface area contributed by atoms with Gasteiger partial charge in [-0.15, -0.1) is 13.2 Å². The van der Waals surface area contributed by atoms with Crippen LogP contribution in [0.15, 0.2) is 24.3 Å². The third-order valence-corrected chi connectivity index (χ3v) is 9.53. The number of alkyl halides is 3. The van der Waals surface area contributed by atoms with E-state index in [-0.39, 0.29) is 15.3 Å². The van der Waals surface area contributed by atoms with Crippen molar-refractivity contribution in [2.24, 2.45) is 11.3 Å². The van der Waals surface area contributed by atoms with Gasteiger partial charge in [0.15, 0.2) is 0 Å². The summed E-state index contributed by atoms with van der Waals surface area (Å²) < 4.78 is 40.9. The van der Waals surface area contributed by atoms with Gasteiger partial charge in [-0.3, -0.25) is 0 Å². The minimum absolute atomic E-state index is 0.124. The Kier molecular flexibility index (Phi) is 6.60. The number of hydrogen-bond acceptors (Lipinski definition) is 1. The second-order valence-electron chi connectivity index (χ2n) is 8.73. The van der Waals surface area contributed by atoms with E-state index in [2.05, 4.69) is 18.2 Å². The van der Waals surface area contributed by atoms with E-state index in [0.717, 1.165) is 29.9 Å². The van der Waals surface area contributed by atoms with Crippen molar-refractivity contribution >= 4 is 9.52 Å². The summed E-state index contributed by atoms with van der Waals surface area (Å²) in [4.78, 5) is 0. The highest BCUT2D eigenvalue weighted by molar-refractivity contribution is 6.35. The van der Waals surface area contributed by atoms with E-state index in [0.29, 0.717) is 11.3 Å². The molecule has 1 nitrogen and oxygen atoms in total. The van der Waals surface area contributed by atoms with Gasteiger partial charge in [-0.2, -0.15) is 0 Å². The molecule has 0 amide bonds. The molecule has 2 saturated carbocycles. The second-order valence-corrected chi connectivity index (χ2v) is 10.7. The SMILES string of the molecule is CCC1(C2CCC(c3ccc(OC(F)(F)F)cc3)CC2)CCC([SiH2]C)CC1. The minimum atomic E-state index is -4.62. The summed E-state index contributed by atoms with van der Waals surface area (Å²) in [7, 11) is 0.145. The van der Waals surface area contributed by atoms with E-state index in [4.69, 9.17) is 0 Å². The zero-order valence-electron chi connectivity index (χ0n) is 16.7. The summed E-state index contributed by atoms with van der Waals surface area (Å²) in [5.74, 6) is 1.20. The van der Waals surface area contributed by atoms with Crippen LogP contribution in [0.1, 0.15) is 76.2 Å². The van der Waals surface area contributed by atoms with Crippen molar-refractivity contribution in [3.63, 3.8) is 0 Å². The van der Waals surface area contributed by atoms with Crippen molar-refractivity contribution in [3.8, 4) is 5.75 Å². The van der Waals surface area contributed by atoms with Gasteiger partial charge in [0.2, 0.25) is 0 Å². The zero-order valence-corrected chi connectivity index (χ0v) is 18.1. The Labute approximate surface area is 163 Å². The fourth-order valence-corrected chi connectivity index (χ4v) is 6.92. The van der Waals surface area contributed by atoms with Gasteiger partial charge in [-0.25, -0.2) is 0 Å². The van der Waals surface area contributed by atoms with E-state index in [1.807, 2.05) is 12.1 Å². The van der Waals surface area contributed by atoms with Crippen LogP contribution in [0.5, 0.6) is 5.75 Å². The Balaban J connectivity index is 1.57. The molecule has 27 heavy (non-hydrogen) atoms. The highest BCUT2D eigenvalue weighted by Gasteiger charge is 2.41. The van der Waals surface area contributed by atoms with Gasteiger partial charge >= 0.3 is 6.36 Å². The Morgan fingerprint density at radius 3 is 2.07 bits per heavy atom. The van der Waals surface area contributed by atoms with Crippen molar-refractivity contribution in [1.82, 2.24) is 0 Å². The van der Waals surface area contributed by atoms with Crippen LogP contribution in [0, 0.1) is 11.3 Å². The van der Waals surface area contributed by atoms with Gasteiger partial charge in [0.25, 0.3) is 0 Å². The molecule has 0 aromatic heterocycles. The minimum Gasteiger partial charge on any atom is -0.406 e. The fourth-order valence-electron chi connectivity index (χ4n) is 5.69. The molecule has 0 bridgehead atoms. The highest BCUT2D eigenvalue weighted by Crippen LogP contribution is 2.54. The molecular weight excluding hydrogens is 365 g/mol. The molecule has 0 saturated heterocycles. The highest BCUT2D eigenvalue weighted by atomic mass is 28.2. The van der Waals surface area contributed by atoms with E-state index >= 15 is 0 Å². The maximum absolute atomic E-state index is 12.3. The number of benzene rings is 1. The molecule has 0 N–H and O–H groups in total. The van der Waals surface area contributed by atoms with E-state index in [9.17, 15) is 13.2 Å². The van der Waals surface area contributed by atoms with Crippen LogP contribution in [-0.4, -0.2) is 15.9 Å². The van der Waals surface area contributed by atoms with Crippen molar-refractivity contribution < 1.29 is 17.9 Å². The monoisotopic (exact) mass is 398 g/mol. The first kappa shape index (κ1) is 20.8. The average Bonchev–Trinajstić information content (AvgIpc) is 2.67. The van der Waals surface area contributed by atoms with E-state index < -0.39 is 6.36 Å². The molecule has 1 aromatic carbocycles. The molecule has 0 heterocycles. The molecule has 0 unspecified atom stereocenters. The third-order valence-electron chi connectivity index (χ3n) is 7.56. The van der Waals surface area contributed by atoms with Gasteiger partial charge in [0.05, 0.1) is 0 Å². The number of rotatable bonds is 5. The summed E-state index contributed by atoms with van der Waals surface area (Å²) in [6.07, 6.45) is 7.32. The Hall–Kier alpha value is -0.973. The first-order valence-electron chi connectivity index (χ1n) is 10.7. The Bertz CT molecular complexity index is 583. The maximum atomic E-state index is 12.3. The van der Waals surface area contributed by atoms with Crippen LogP contribution in [-0.2, 0) is 0 Å². The van der Waals surface area contributed by atoms with E-state index in [1.54, 1.807) is 0 Å². The van der Waals surface area contributed by atoms with Gasteiger partial charge in [-0.05, 0) is 73.5 Å². The molecule has 0 spiro atoms. The molecule has 0 aliphatic heterocycles. The van der Waals surface area contributed by atoms with Gasteiger partial charge in [0, 0.05) is 9.52 Å². The summed E-state index contributed by atoms with van der Waals surface area (Å²) in [6, 6.07) is 6.55. The first-order valence-corrected chi connectivity index (χ1v) is 12.9. The second kappa shape index (κ2) is 8.58. The quantitative estimate of drug-likeness (QED) is 0.494. The molecular formula is C22H33F3OSi. The number of halogens is 3. The average molecular weight is 399 g/mol. The topological polar surface area (TPSA) is 9.23 Å².